The van der Waals surface area contributed by atoms with Crippen LogP contribution in [0.4, 0.5) is 0 Å². The highest BCUT2D eigenvalue weighted by Crippen LogP contribution is 2.38. The highest BCUT2D eigenvalue weighted by atomic mass is 35.5. The van der Waals surface area contributed by atoms with Crippen molar-refractivity contribution in [2.45, 2.75) is 18.8 Å². The lowest BCUT2D eigenvalue weighted by Crippen LogP contribution is -2.03. The molecular weight excluding hydrogens is 284 g/mol. The molecule has 0 aliphatic carbocycles. The Bertz CT molecular complexity index is 482. The van der Waals surface area contributed by atoms with E-state index in [4.69, 9.17) is 45.2 Å². The number of hydrogen-bond donors (Lipinski definition) is 1. The summed E-state index contributed by atoms with van der Waals surface area (Å²) in [7, 11) is 0. The zero-order valence-corrected chi connectivity index (χ0v) is 10.9. The monoisotopic (exact) mass is 291 g/mol. The summed E-state index contributed by atoms with van der Waals surface area (Å²) in [5, 5.41) is 18.4. The summed E-state index contributed by atoms with van der Waals surface area (Å²) < 4.78 is 0. The minimum absolute atomic E-state index is 0.128. The molecule has 1 N–H and O–H groups in total. The first-order valence-electron chi connectivity index (χ1n) is 4.72. The molecular formula is C11H8Cl3NO2. The van der Waals surface area contributed by atoms with Crippen LogP contribution in [0.5, 0.6) is 0 Å². The molecule has 1 rings (SSSR count). The molecule has 0 saturated carbocycles. The fraction of sp³-hybridized carbons (Fsp3) is 0.273. The van der Waals surface area contributed by atoms with Gasteiger partial charge in [0.05, 0.1) is 22.0 Å². The summed E-state index contributed by atoms with van der Waals surface area (Å²) >= 11 is 17.8. The van der Waals surface area contributed by atoms with E-state index in [0.717, 1.165) is 0 Å². The summed E-state index contributed by atoms with van der Waals surface area (Å²) in [6.45, 7) is 0. The average Bonchev–Trinajstić information content (AvgIpc) is 2.28. The minimum atomic E-state index is -0.973. The first kappa shape index (κ1) is 14.1. The number of carbonyl (C=O) groups is 1. The van der Waals surface area contributed by atoms with Gasteiger partial charge in [-0.05, 0) is 18.6 Å². The highest BCUT2D eigenvalue weighted by molar-refractivity contribution is 6.44. The van der Waals surface area contributed by atoms with Crippen molar-refractivity contribution in [1.29, 1.82) is 5.26 Å². The van der Waals surface area contributed by atoms with Gasteiger partial charge in [-0.15, -0.1) is 0 Å². The van der Waals surface area contributed by atoms with Crippen molar-refractivity contribution in [3.05, 3.63) is 32.8 Å². The zero-order chi connectivity index (χ0) is 13.0. The van der Waals surface area contributed by atoms with Gasteiger partial charge in [-0.3, -0.25) is 4.79 Å². The van der Waals surface area contributed by atoms with Gasteiger partial charge in [-0.2, -0.15) is 5.26 Å². The van der Waals surface area contributed by atoms with Crippen LogP contribution in [-0.4, -0.2) is 11.1 Å². The van der Waals surface area contributed by atoms with Crippen LogP contribution in [0.25, 0.3) is 0 Å². The van der Waals surface area contributed by atoms with E-state index in [9.17, 15) is 4.79 Å². The van der Waals surface area contributed by atoms with E-state index in [0.29, 0.717) is 15.6 Å². The van der Waals surface area contributed by atoms with E-state index in [1.807, 2.05) is 6.07 Å². The summed E-state index contributed by atoms with van der Waals surface area (Å²) in [5.74, 6) is -1.65. The Morgan fingerprint density at radius 3 is 2.47 bits per heavy atom. The molecule has 6 heteroatoms. The van der Waals surface area contributed by atoms with Crippen LogP contribution < -0.4 is 0 Å². The van der Waals surface area contributed by atoms with Crippen molar-refractivity contribution in [3.63, 3.8) is 0 Å². The van der Waals surface area contributed by atoms with Gasteiger partial charge < -0.3 is 5.11 Å². The third-order valence-electron chi connectivity index (χ3n) is 2.23. The summed E-state index contributed by atoms with van der Waals surface area (Å²) in [6.07, 6.45) is 0.0169. The molecule has 0 aromatic heterocycles. The fourth-order valence-corrected chi connectivity index (χ4v) is 2.20. The van der Waals surface area contributed by atoms with Crippen molar-refractivity contribution in [2.75, 3.05) is 0 Å². The second-order valence-electron chi connectivity index (χ2n) is 3.37. The normalized spacial score (nSPS) is 11.9. The number of hydrogen-bond acceptors (Lipinski definition) is 2. The highest BCUT2D eigenvalue weighted by Gasteiger charge is 2.20. The molecule has 0 radical (unpaired) electrons. The van der Waals surface area contributed by atoms with Crippen LogP contribution in [0.2, 0.25) is 15.1 Å². The molecule has 0 spiro atoms. The van der Waals surface area contributed by atoms with Gasteiger partial charge in [-0.1, -0.05) is 34.8 Å². The van der Waals surface area contributed by atoms with Crippen LogP contribution in [0.3, 0.4) is 0 Å². The Balaban J connectivity index is 3.08. The molecule has 0 bridgehead atoms. The third kappa shape index (κ3) is 3.50. The molecule has 0 amide bonds. The standard InChI is InChI=1S/C11H8Cl3NO2/c12-7-2-3-8(13)11(14)10(7)6(5-15)1-4-9(16)17/h2-3,6H,1,4H2,(H,16,17). The van der Waals surface area contributed by atoms with Crippen molar-refractivity contribution >= 4 is 40.8 Å². The predicted octanol–water partition coefficient (Wildman–Crippen LogP) is 4.12. The Kier molecular flexibility index (Phi) is 5.07. The molecule has 0 fully saturated rings. The van der Waals surface area contributed by atoms with E-state index in [1.54, 1.807) is 0 Å². The van der Waals surface area contributed by atoms with Crippen LogP contribution in [0.15, 0.2) is 12.1 Å². The third-order valence-corrected chi connectivity index (χ3v) is 3.38. The number of carboxylic acid groups (broad SMARTS) is 1. The minimum Gasteiger partial charge on any atom is -0.481 e. The van der Waals surface area contributed by atoms with E-state index in [1.165, 1.54) is 12.1 Å². The first-order valence-corrected chi connectivity index (χ1v) is 5.85. The predicted molar refractivity (Wildman–Crippen MR) is 66.7 cm³/mol. The number of halogens is 3. The van der Waals surface area contributed by atoms with Crippen molar-refractivity contribution in [1.82, 2.24) is 0 Å². The van der Waals surface area contributed by atoms with Crippen LogP contribution in [0, 0.1) is 11.3 Å². The van der Waals surface area contributed by atoms with Crippen LogP contribution in [0.1, 0.15) is 24.3 Å². The van der Waals surface area contributed by atoms with E-state index in [2.05, 4.69) is 0 Å². The quantitative estimate of drug-likeness (QED) is 0.849. The largest absolute Gasteiger partial charge is 0.481 e. The maximum absolute atomic E-state index is 10.5. The van der Waals surface area contributed by atoms with E-state index in [-0.39, 0.29) is 17.9 Å². The molecule has 17 heavy (non-hydrogen) atoms. The van der Waals surface area contributed by atoms with Gasteiger partial charge in [0.15, 0.2) is 0 Å². The summed E-state index contributed by atoms with van der Waals surface area (Å²) in [6, 6.07) is 5.06. The molecule has 0 aliphatic heterocycles. The van der Waals surface area contributed by atoms with Crippen LogP contribution >= 0.6 is 34.8 Å². The lowest BCUT2D eigenvalue weighted by atomic mass is 9.95. The Morgan fingerprint density at radius 2 is 1.94 bits per heavy atom. The zero-order valence-electron chi connectivity index (χ0n) is 8.58. The van der Waals surface area contributed by atoms with Gasteiger partial charge in [0, 0.05) is 17.0 Å². The first-order chi connectivity index (χ1) is 7.97. The molecule has 90 valence electrons. The lowest BCUT2D eigenvalue weighted by Gasteiger charge is -2.13. The maximum Gasteiger partial charge on any atom is 0.303 e. The van der Waals surface area contributed by atoms with Gasteiger partial charge in [0.25, 0.3) is 0 Å². The molecule has 3 nitrogen and oxygen atoms in total. The molecule has 1 unspecified atom stereocenters. The van der Waals surface area contributed by atoms with Crippen molar-refractivity contribution in [3.8, 4) is 6.07 Å². The number of carboxylic acids is 1. The maximum atomic E-state index is 10.5. The van der Waals surface area contributed by atoms with Crippen LogP contribution in [-0.2, 0) is 4.79 Å². The second kappa shape index (κ2) is 6.11. The molecule has 1 aromatic rings. The average molecular weight is 293 g/mol. The van der Waals surface area contributed by atoms with Gasteiger partial charge in [-0.25, -0.2) is 0 Å². The molecule has 0 heterocycles. The van der Waals surface area contributed by atoms with Crippen molar-refractivity contribution < 1.29 is 9.90 Å². The fourth-order valence-electron chi connectivity index (χ4n) is 1.40. The van der Waals surface area contributed by atoms with Gasteiger partial charge >= 0.3 is 5.97 Å². The number of benzene rings is 1. The van der Waals surface area contributed by atoms with Crippen molar-refractivity contribution in [2.24, 2.45) is 0 Å². The molecule has 0 aliphatic rings. The molecule has 1 atom stereocenters. The van der Waals surface area contributed by atoms with Gasteiger partial charge in [0.2, 0.25) is 0 Å². The SMILES string of the molecule is N#CC(CCC(=O)O)c1c(Cl)ccc(Cl)c1Cl. The van der Waals surface area contributed by atoms with E-state index >= 15 is 0 Å². The number of nitriles is 1. The Labute approximate surface area is 114 Å². The Morgan fingerprint density at radius 1 is 1.35 bits per heavy atom. The smallest absolute Gasteiger partial charge is 0.303 e. The second-order valence-corrected chi connectivity index (χ2v) is 4.56. The molecule has 0 saturated heterocycles. The summed E-state index contributed by atoms with van der Waals surface area (Å²) in [5.41, 5.74) is 0.393. The Hall–Kier alpha value is -0.950. The van der Waals surface area contributed by atoms with E-state index < -0.39 is 11.9 Å². The van der Waals surface area contributed by atoms with Gasteiger partial charge in [0.1, 0.15) is 0 Å². The number of rotatable bonds is 4. The number of aliphatic carboxylic acids is 1. The topological polar surface area (TPSA) is 61.1 Å². The number of nitrogens with zero attached hydrogens (tertiary/aromatic N) is 1. The molecule has 1 aromatic carbocycles. The summed E-state index contributed by atoms with van der Waals surface area (Å²) in [4.78, 5) is 10.5. The lowest BCUT2D eigenvalue weighted by molar-refractivity contribution is -0.137.